The van der Waals surface area contributed by atoms with Crippen molar-refractivity contribution in [2.24, 2.45) is 0 Å². The number of carbonyl (C=O) groups excluding carboxylic acids is 1. The van der Waals surface area contributed by atoms with Gasteiger partial charge in [0.2, 0.25) is 0 Å². The van der Waals surface area contributed by atoms with Gasteiger partial charge in [0.05, 0.1) is 17.7 Å². The first-order valence-corrected chi connectivity index (χ1v) is 8.42. The molecule has 1 aliphatic heterocycles. The van der Waals surface area contributed by atoms with E-state index in [9.17, 15) is 4.79 Å². The normalized spacial score (nSPS) is 16.2. The fraction of sp³-hybridized carbons (Fsp3) is 0.333. The lowest BCUT2D eigenvalue weighted by atomic mass is 10.0. The van der Waals surface area contributed by atoms with Crippen molar-refractivity contribution in [1.82, 2.24) is 10.3 Å². The Hall–Kier alpha value is -1.99. The number of nitrogens with zero attached hydrogens (tertiary/aromatic N) is 2. The first-order chi connectivity index (χ1) is 11.0. The van der Waals surface area contributed by atoms with Gasteiger partial charge >= 0.3 is 6.03 Å². The number of amides is 2. The lowest BCUT2D eigenvalue weighted by Crippen LogP contribution is -2.35. The molecule has 1 atom stereocenters. The van der Waals surface area contributed by atoms with Gasteiger partial charge in [-0.25, -0.2) is 9.78 Å². The van der Waals surface area contributed by atoms with Crippen molar-refractivity contribution < 1.29 is 9.53 Å². The molecule has 122 valence electrons. The first-order valence-electron chi connectivity index (χ1n) is 7.16. The zero-order valence-corrected chi connectivity index (χ0v) is 14.4. The summed E-state index contributed by atoms with van der Waals surface area (Å²) >= 11 is 7.61. The van der Waals surface area contributed by atoms with Crippen LogP contribution in [0.5, 0.6) is 5.75 Å². The second-order valence-corrected chi connectivity index (χ2v) is 6.60. The van der Waals surface area contributed by atoms with Crippen LogP contribution in [0.1, 0.15) is 18.0 Å². The standard InChI is InChI=1S/C15H17ClN4O2S/c1-20(2)15-19-12(8-23-15)18-14(21)17-11-6-7-22-13-9(11)4-3-5-10(13)16/h3-5,8,11H,6-7H2,1-2H3,(H2,17,18,21)/t11-/m0/s1. The fourth-order valence-corrected chi connectivity index (χ4v) is 3.30. The summed E-state index contributed by atoms with van der Waals surface area (Å²) in [6, 6.07) is 5.12. The third-order valence-corrected chi connectivity index (χ3v) is 4.75. The molecular weight excluding hydrogens is 336 g/mol. The van der Waals surface area contributed by atoms with Crippen LogP contribution in [-0.4, -0.2) is 31.7 Å². The second-order valence-electron chi connectivity index (χ2n) is 5.36. The highest BCUT2D eigenvalue weighted by atomic mass is 35.5. The summed E-state index contributed by atoms with van der Waals surface area (Å²) < 4.78 is 5.59. The highest BCUT2D eigenvalue weighted by molar-refractivity contribution is 7.14. The molecule has 0 radical (unpaired) electrons. The number of anilines is 2. The zero-order valence-electron chi connectivity index (χ0n) is 12.8. The van der Waals surface area contributed by atoms with E-state index < -0.39 is 0 Å². The van der Waals surface area contributed by atoms with Crippen molar-refractivity contribution in [2.75, 3.05) is 30.9 Å². The molecule has 0 spiro atoms. The van der Waals surface area contributed by atoms with Crippen molar-refractivity contribution in [3.63, 3.8) is 0 Å². The Morgan fingerprint density at radius 3 is 3.04 bits per heavy atom. The Kier molecular flexibility index (Phi) is 4.58. The number of hydrogen-bond donors (Lipinski definition) is 2. The van der Waals surface area contributed by atoms with Crippen molar-refractivity contribution in [3.8, 4) is 5.75 Å². The van der Waals surface area contributed by atoms with Crippen molar-refractivity contribution in [2.45, 2.75) is 12.5 Å². The maximum absolute atomic E-state index is 12.2. The third-order valence-electron chi connectivity index (χ3n) is 3.45. The third kappa shape index (κ3) is 3.51. The Morgan fingerprint density at radius 1 is 1.48 bits per heavy atom. The molecule has 1 aromatic carbocycles. The van der Waals surface area contributed by atoms with Gasteiger partial charge in [-0.1, -0.05) is 23.7 Å². The Balaban J connectivity index is 1.68. The number of para-hydroxylation sites is 1. The molecular formula is C15H17ClN4O2S. The van der Waals surface area contributed by atoms with Gasteiger partial charge in [0.25, 0.3) is 0 Å². The number of thiazole rings is 1. The van der Waals surface area contributed by atoms with Gasteiger partial charge in [0, 0.05) is 31.5 Å². The van der Waals surface area contributed by atoms with Crippen molar-refractivity contribution >= 4 is 39.9 Å². The van der Waals surface area contributed by atoms with Crippen LogP contribution >= 0.6 is 22.9 Å². The number of nitrogens with one attached hydrogen (secondary N) is 2. The predicted octanol–water partition coefficient (Wildman–Crippen LogP) is 3.51. The molecule has 2 aromatic rings. The molecule has 0 bridgehead atoms. The topological polar surface area (TPSA) is 66.5 Å². The highest BCUT2D eigenvalue weighted by Crippen LogP contribution is 2.37. The molecule has 0 unspecified atom stereocenters. The Labute approximate surface area is 143 Å². The number of halogens is 1. The van der Waals surface area contributed by atoms with E-state index in [0.717, 1.165) is 10.7 Å². The summed E-state index contributed by atoms with van der Waals surface area (Å²) in [5, 5.41) is 8.92. The van der Waals surface area contributed by atoms with Crippen LogP contribution in [-0.2, 0) is 0 Å². The molecule has 3 rings (SSSR count). The number of hydrogen-bond acceptors (Lipinski definition) is 5. The summed E-state index contributed by atoms with van der Waals surface area (Å²) in [7, 11) is 3.82. The first kappa shape index (κ1) is 15.9. The molecule has 0 saturated heterocycles. The van der Waals surface area contributed by atoms with Crippen molar-refractivity contribution in [3.05, 3.63) is 34.2 Å². The smallest absolute Gasteiger partial charge is 0.320 e. The average molecular weight is 353 g/mol. The fourth-order valence-electron chi connectivity index (χ4n) is 2.37. The van der Waals surface area contributed by atoms with Crippen LogP contribution in [0, 0.1) is 0 Å². The van der Waals surface area contributed by atoms with Gasteiger partial charge in [-0.2, -0.15) is 0 Å². The number of carbonyl (C=O) groups is 1. The van der Waals surface area contributed by atoms with Gasteiger partial charge in [-0.3, -0.25) is 5.32 Å². The van der Waals surface area contributed by atoms with Crippen LogP contribution < -0.4 is 20.3 Å². The molecule has 23 heavy (non-hydrogen) atoms. The van der Waals surface area contributed by atoms with E-state index in [2.05, 4.69) is 15.6 Å². The number of fused-ring (bicyclic) bond motifs is 1. The number of urea groups is 1. The molecule has 0 fully saturated rings. The van der Waals surface area contributed by atoms with E-state index in [1.165, 1.54) is 11.3 Å². The Bertz CT molecular complexity index is 719. The summed E-state index contributed by atoms with van der Waals surface area (Å²) in [4.78, 5) is 18.4. The van der Waals surface area contributed by atoms with E-state index >= 15 is 0 Å². The van der Waals surface area contributed by atoms with Gasteiger partial charge in [-0.05, 0) is 6.07 Å². The number of aromatic nitrogens is 1. The van der Waals surface area contributed by atoms with Crippen LogP contribution in [0.4, 0.5) is 15.7 Å². The minimum Gasteiger partial charge on any atom is -0.492 e. The molecule has 8 heteroatoms. The zero-order chi connectivity index (χ0) is 16.4. The average Bonchev–Trinajstić information content (AvgIpc) is 2.97. The van der Waals surface area contributed by atoms with E-state index in [4.69, 9.17) is 16.3 Å². The largest absolute Gasteiger partial charge is 0.492 e. The summed E-state index contributed by atoms with van der Waals surface area (Å²) in [6.45, 7) is 0.517. The second kappa shape index (κ2) is 6.64. The summed E-state index contributed by atoms with van der Waals surface area (Å²) in [5.74, 6) is 1.18. The minimum absolute atomic E-state index is 0.135. The lowest BCUT2D eigenvalue weighted by molar-refractivity contribution is 0.232. The van der Waals surface area contributed by atoms with E-state index in [1.807, 2.05) is 36.5 Å². The van der Waals surface area contributed by atoms with Crippen LogP contribution in [0.2, 0.25) is 5.02 Å². The Morgan fingerprint density at radius 2 is 2.30 bits per heavy atom. The van der Waals surface area contributed by atoms with Gasteiger partial charge in [0.1, 0.15) is 11.6 Å². The quantitative estimate of drug-likeness (QED) is 0.887. The summed E-state index contributed by atoms with van der Waals surface area (Å²) in [6.07, 6.45) is 0.695. The van der Waals surface area contributed by atoms with Crippen LogP contribution in [0.15, 0.2) is 23.6 Å². The maximum atomic E-state index is 12.2. The highest BCUT2D eigenvalue weighted by Gasteiger charge is 2.24. The van der Waals surface area contributed by atoms with Gasteiger partial charge < -0.3 is 15.0 Å². The molecule has 2 N–H and O–H groups in total. The van der Waals surface area contributed by atoms with Gasteiger partial charge in [0.15, 0.2) is 5.13 Å². The molecule has 2 amide bonds. The lowest BCUT2D eigenvalue weighted by Gasteiger charge is -2.27. The number of benzene rings is 1. The molecule has 2 heterocycles. The predicted molar refractivity (Wildman–Crippen MR) is 92.9 cm³/mol. The van der Waals surface area contributed by atoms with Gasteiger partial charge in [-0.15, -0.1) is 11.3 Å². The number of ether oxygens (including phenoxy) is 1. The monoisotopic (exact) mass is 352 g/mol. The molecule has 0 aliphatic carbocycles. The SMILES string of the molecule is CN(C)c1nc(NC(=O)N[C@H]2CCOc3c(Cl)cccc32)cs1. The van der Waals surface area contributed by atoms with E-state index in [1.54, 1.807) is 6.07 Å². The molecule has 1 aromatic heterocycles. The maximum Gasteiger partial charge on any atom is 0.320 e. The molecule has 6 nitrogen and oxygen atoms in total. The van der Waals surface area contributed by atoms with Crippen LogP contribution in [0.3, 0.4) is 0 Å². The number of rotatable bonds is 3. The summed E-state index contributed by atoms with van der Waals surface area (Å²) in [5.41, 5.74) is 0.895. The van der Waals surface area contributed by atoms with Crippen molar-refractivity contribution in [1.29, 1.82) is 0 Å². The van der Waals surface area contributed by atoms with E-state index in [0.29, 0.717) is 29.6 Å². The van der Waals surface area contributed by atoms with Crippen LogP contribution in [0.25, 0.3) is 0 Å². The minimum atomic E-state index is -0.293. The molecule has 0 saturated carbocycles. The van der Waals surface area contributed by atoms with E-state index in [-0.39, 0.29) is 12.1 Å². The molecule has 1 aliphatic rings.